The van der Waals surface area contributed by atoms with Gasteiger partial charge in [0, 0.05) is 6.05 Å². The Bertz CT molecular complexity index is 304. The minimum atomic E-state index is -1.21. The van der Waals surface area contributed by atoms with Gasteiger partial charge in [0.1, 0.15) is 0 Å². The van der Waals surface area contributed by atoms with Gasteiger partial charge in [-0.1, -0.05) is 30.3 Å². The number of aliphatic carboxylic acids is 1. The van der Waals surface area contributed by atoms with Crippen LogP contribution in [0.4, 0.5) is 0 Å². The van der Waals surface area contributed by atoms with Crippen LogP contribution in [0.1, 0.15) is 6.93 Å². The highest BCUT2D eigenvalue weighted by Crippen LogP contribution is 1.99. The number of rotatable bonds is 2. The average Bonchev–Trinajstić information content (AvgIpc) is 2.06. The molecule has 0 unspecified atom stereocenters. The topological polar surface area (TPSA) is 37.3 Å². The molecule has 2 heteroatoms. The van der Waals surface area contributed by atoms with Crippen LogP contribution in [0.2, 0.25) is 0 Å². The lowest BCUT2D eigenvalue weighted by Crippen LogP contribution is -1.85. The van der Waals surface area contributed by atoms with Crippen molar-refractivity contribution in [2.45, 2.75) is 0 Å². The minimum Gasteiger partial charge on any atom is -0.478 e. The van der Waals surface area contributed by atoms with Gasteiger partial charge in [0.25, 0.3) is 0 Å². The van der Waals surface area contributed by atoms with Gasteiger partial charge in [-0.3, -0.25) is 0 Å². The van der Waals surface area contributed by atoms with Crippen molar-refractivity contribution in [3.63, 3.8) is 0 Å². The first-order valence-electron chi connectivity index (χ1n) is 3.67. The Morgan fingerprint density at radius 3 is 2.64 bits per heavy atom. The molecule has 0 saturated carbocycles. The predicted octanol–water partition coefficient (Wildman–Crippen LogP) is 1.78. The van der Waals surface area contributed by atoms with Gasteiger partial charge in [-0.2, -0.15) is 0 Å². The maximum Gasteiger partial charge on any atom is 0.328 e. The second-order valence-electron chi connectivity index (χ2n) is 2.00. The Hall–Kier alpha value is -1.57. The van der Waals surface area contributed by atoms with E-state index in [0.29, 0.717) is 0 Å². The van der Waals surface area contributed by atoms with Crippen molar-refractivity contribution in [1.29, 1.82) is 0 Å². The summed E-state index contributed by atoms with van der Waals surface area (Å²) in [5, 5.41) is 8.39. The van der Waals surface area contributed by atoms with E-state index in [1.165, 1.54) is 6.08 Å². The Morgan fingerprint density at radius 2 is 2.09 bits per heavy atom. The fraction of sp³-hybridized carbons (Fsp3) is 0. The lowest BCUT2D eigenvalue weighted by molar-refractivity contribution is -0.131. The minimum absolute atomic E-state index is 0.402. The van der Waals surface area contributed by atoms with Crippen LogP contribution in [-0.2, 0) is 4.79 Å². The zero-order chi connectivity index (χ0) is 8.97. The summed E-state index contributed by atoms with van der Waals surface area (Å²) in [5.74, 6) is -1.21. The Morgan fingerprint density at radius 1 is 1.45 bits per heavy atom. The number of hydrogen-bond donors (Lipinski definition) is 1. The van der Waals surface area contributed by atoms with Crippen molar-refractivity contribution in [2.24, 2.45) is 0 Å². The van der Waals surface area contributed by atoms with Crippen molar-refractivity contribution in [2.75, 3.05) is 0 Å². The molecule has 11 heavy (non-hydrogen) atoms. The first-order valence-corrected chi connectivity index (χ1v) is 3.17. The van der Waals surface area contributed by atoms with Gasteiger partial charge in [-0.15, -0.1) is 0 Å². The van der Waals surface area contributed by atoms with Crippen LogP contribution in [-0.4, -0.2) is 11.1 Å². The van der Waals surface area contributed by atoms with Gasteiger partial charge >= 0.3 is 5.97 Å². The third-order valence-electron chi connectivity index (χ3n) is 1.16. The van der Waals surface area contributed by atoms with E-state index < -0.39 is 12.0 Å². The highest BCUT2D eigenvalue weighted by Gasteiger charge is 1.85. The normalized spacial score (nSPS) is 12.4. The maximum absolute atomic E-state index is 10.2. The second-order valence-corrected chi connectivity index (χ2v) is 2.00. The van der Waals surface area contributed by atoms with Gasteiger partial charge in [-0.25, -0.2) is 4.79 Å². The van der Waals surface area contributed by atoms with Gasteiger partial charge in [0.2, 0.25) is 0 Å². The van der Waals surface area contributed by atoms with Crippen LogP contribution in [0.15, 0.2) is 36.4 Å². The van der Waals surface area contributed by atoms with Crippen molar-refractivity contribution >= 4 is 12.0 Å². The van der Waals surface area contributed by atoms with E-state index in [2.05, 4.69) is 0 Å². The smallest absolute Gasteiger partial charge is 0.328 e. The van der Waals surface area contributed by atoms with Gasteiger partial charge in [0.15, 0.2) is 0 Å². The van der Waals surface area contributed by atoms with Crippen molar-refractivity contribution in [3.05, 3.63) is 41.9 Å². The Balaban J connectivity index is 2.89. The lowest BCUT2D eigenvalue weighted by Gasteiger charge is -1.87. The quantitative estimate of drug-likeness (QED) is 0.651. The summed E-state index contributed by atoms with van der Waals surface area (Å²) in [6.07, 6.45) is 1.31. The van der Waals surface area contributed by atoms with Crippen LogP contribution >= 0.6 is 0 Å². The zero-order valence-electron chi connectivity index (χ0n) is 6.82. The molecule has 0 bridgehead atoms. The van der Waals surface area contributed by atoms with Crippen LogP contribution in [0.25, 0.3) is 6.08 Å². The summed E-state index contributed by atoms with van der Waals surface area (Å²) in [6, 6.07) is 8.51. The Labute approximate surface area is 66.2 Å². The molecule has 1 aromatic carbocycles. The predicted molar refractivity (Wildman–Crippen MR) is 43.1 cm³/mol. The Kier molecular flexibility index (Phi) is 1.99. The van der Waals surface area contributed by atoms with Crippen molar-refractivity contribution < 1.29 is 11.3 Å². The molecule has 0 atom stereocenters. The highest BCUT2D eigenvalue weighted by atomic mass is 16.4. The summed E-state index contributed by atoms with van der Waals surface area (Å²) in [6.45, 7) is 0. The van der Waals surface area contributed by atoms with Gasteiger partial charge in [-0.05, 0) is 11.6 Å². The van der Waals surface area contributed by atoms with Crippen LogP contribution in [0.5, 0.6) is 0 Å². The monoisotopic (exact) mass is 149 g/mol. The number of carboxylic acid groups (broad SMARTS) is 1. The molecule has 0 amide bonds. The third kappa shape index (κ3) is 2.67. The molecule has 0 aromatic heterocycles. The molecule has 0 spiro atoms. The SMILES string of the molecule is [2H]/C(=C\c1ccccc1)C(=O)O. The maximum atomic E-state index is 10.2. The van der Waals surface area contributed by atoms with E-state index in [1.807, 2.05) is 6.07 Å². The first kappa shape index (κ1) is 6.16. The fourth-order valence-corrected chi connectivity index (χ4v) is 0.694. The van der Waals surface area contributed by atoms with Crippen molar-refractivity contribution in [1.82, 2.24) is 0 Å². The molecule has 0 radical (unpaired) electrons. The van der Waals surface area contributed by atoms with E-state index in [1.54, 1.807) is 24.3 Å². The largest absolute Gasteiger partial charge is 0.478 e. The first-order chi connectivity index (χ1) is 5.70. The van der Waals surface area contributed by atoms with E-state index in [9.17, 15) is 4.79 Å². The van der Waals surface area contributed by atoms with Gasteiger partial charge in [0.05, 0.1) is 1.37 Å². The molecule has 1 rings (SSSR count). The molecule has 0 heterocycles. The average molecular weight is 149 g/mol. The summed E-state index contributed by atoms with van der Waals surface area (Å²) in [4.78, 5) is 10.2. The summed E-state index contributed by atoms with van der Waals surface area (Å²) >= 11 is 0. The molecule has 1 aromatic rings. The molecule has 2 nitrogen and oxygen atoms in total. The molecule has 56 valence electrons. The fourth-order valence-electron chi connectivity index (χ4n) is 0.694. The van der Waals surface area contributed by atoms with E-state index in [-0.39, 0.29) is 0 Å². The van der Waals surface area contributed by atoms with Crippen LogP contribution < -0.4 is 0 Å². The van der Waals surface area contributed by atoms with Crippen LogP contribution in [0.3, 0.4) is 0 Å². The summed E-state index contributed by atoms with van der Waals surface area (Å²) in [5.41, 5.74) is 0.727. The summed E-state index contributed by atoms with van der Waals surface area (Å²) < 4.78 is 7.03. The molecule has 0 fully saturated rings. The van der Waals surface area contributed by atoms with E-state index in [4.69, 9.17) is 6.48 Å². The highest BCUT2D eigenvalue weighted by molar-refractivity contribution is 5.85. The van der Waals surface area contributed by atoms with Crippen LogP contribution in [0, 0.1) is 0 Å². The van der Waals surface area contributed by atoms with E-state index >= 15 is 0 Å². The second kappa shape index (κ2) is 3.56. The molecule has 0 aliphatic carbocycles. The molecule has 0 saturated heterocycles. The number of hydrogen-bond acceptors (Lipinski definition) is 1. The summed E-state index contributed by atoms with van der Waals surface area (Å²) in [7, 11) is 0. The molecule has 0 aliphatic heterocycles. The van der Waals surface area contributed by atoms with E-state index in [0.717, 1.165) is 5.56 Å². The van der Waals surface area contributed by atoms with Crippen molar-refractivity contribution in [3.8, 4) is 0 Å². The molecular weight excluding hydrogens is 140 g/mol. The molecular formula is C9H8O2. The lowest BCUT2D eigenvalue weighted by atomic mass is 10.2. The standard InChI is InChI=1S/C9H8O2/c10-9(11)7-6-8-4-2-1-3-5-8/h1-7H,(H,10,11)/b7-6+/i7D. The number of carbonyl (C=O) groups is 1. The molecule has 1 N–H and O–H groups in total. The third-order valence-corrected chi connectivity index (χ3v) is 1.16. The zero-order valence-corrected chi connectivity index (χ0v) is 5.82. The number of carboxylic acids is 1. The number of benzene rings is 1. The molecule has 0 aliphatic rings. The van der Waals surface area contributed by atoms with Gasteiger partial charge < -0.3 is 5.11 Å².